The Hall–Kier alpha value is -2.90. The van der Waals surface area contributed by atoms with Gasteiger partial charge >= 0.3 is 0 Å². The van der Waals surface area contributed by atoms with Gasteiger partial charge in [0.25, 0.3) is 5.56 Å². The summed E-state index contributed by atoms with van der Waals surface area (Å²) < 4.78 is 2.19. The van der Waals surface area contributed by atoms with Crippen molar-refractivity contribution >= 4 is 39.2 Å². The average Bonchev–Trinajstić information content (AvgIpc) is 3.21. The SMILES string of the molecule is Cc1ccc(CNC(=O)CSc2nc3ccsc3c(=O)n2-c2ccccc2)cc1. The van der Waals surface area contributed by atoms with Crippen LogP contribution in [0, 0.1) is 6.92 Å². The van der Waals surface area contributed by atoms with E-state index < -0.39 is 0 Å². The van der Waals surface area contributed by atoms with Gasteiger partial charge in [-0.3, -0.25) is 14.2 Å². The number of amides is 1. The molecule has 0 aliphatic carbocycles. The predicted molar refractivity (Wildman–Crippen MR) is 119 cm³/mol. The maximum absolute atomic E-state index is 13.0. The minimum atomic E-state index is -0.112. The van der Waals surface area contributed by atoms with Gasteiger partial charge in [-0.25, -0.2) is 4.98 Å². The molecule has 0 fully saturated rings. The molecule has 0 atom stereocenters. The van der Waals surface area contributed by atoms with E-state index in [1.807, 2.05) is 73.0 Å². The first-order valence-corrected chi connectivity index (χ1v) is 11.0. The van der Waals surface area contributed by atoms with Crippen LogP contribution in [-0.4, -0.2) is 21.2 Å². The van der Waals surface area contributed by atoms with Crippen molar-refractivity contribution in [2.75, 3.05) is 5.75 Å². The standard InChI is InChI=1S/C22H19N3O2S2/c1-15-7-9-16(10-8-15)13-23-19(26)14-29-22-24-18-11-12-28-20(18)21(27)25(22)17-5-3-2-4-6-17/h2-12H,13-14H2,1H3,(H,23,26). The van der Waals surface area contributed by atoms with E-state index in [1.54, 1.807) is 4.57 Å². The van der Waals surface area contributed by atoms with Crippen LogP contribution >= 0.6 is 23.1 Å². The largest absolute Gasteiger partial charge is 0.351 e. The smallest absolute Gasteiger partial charge is 0.276 e. The lowest BCUT2D eigenvalue weighted by Crippen LogP contribution is -2.26. The number of fused-ring (bicyclic) bond motifs is 1. The fraction of sp³-hybridized carbons (Fsp3) is 0.136. The summed E-state index contributed by atoms with van der Waals surface area (Å²) in [5, 5.41) is 5.29. The first kappa shape index (κ1) is 19.4. The number of benzene rings is 2. The second-order valence-corrected chi connectivity index (χ2v) is 8.42. The normalized spacial score (nSPS) is 10.9. The molecule has 5 nitrogen and oxygen atoms in total. The Morgan fingerprint density at radius 1 is 1.10 bits per heavy atom. The van der Waals surface area contributed by atoms with Crippen molar-refractivity contribution in [1.29, 1.82) is 0 Å². The summed E-state index contributed by atoms with van der Waals surface area (Å²) in [5.41, 5.74) is 3.52. The molecule has 1 amide bonds. The van der Waals surface area contributed by atoms with Crippen LogP contribution in [-0.2, 0) is 11.3 Å². The predicted octanol–water partition coefficient (Wildman–Crippen LogP) is 4.16. The fourth-order valence-corrected chi connectivity index (χ4v) is 4.48. The molecular formula is C22H19N3O2S2. The van der Waals surface area contributed by atoms with Gasteiger partial charge in [0.1, 0.15) is 4.70 Å². The molecule has 4 aromatic rings. The number of nitrogens with one attached hydrogen (secondary N) is 1. The van der Waals surface area contributed by atoms with Gasteiger partial charge in [0, 0.05) is 6.54 Å². The lowest BCUT2D eigenvalue weighted by Gasteiger charge is -2.12. The fourth-order valence-electron chi connectivity index (χ4n) is 2.88. The Labute approximate surface area is 176 Å². The molecule has 0 radical (unpaired) electrons. The molecule has 0 aliphatic rings. The number of hydrogen-bond acceptors (Lipinski definition) is 5. The van der Waals surface area contributed by atoms with Gasteiger partial charge in [-0.05, 0) is 36.1 Å². The van der Waals surface area contributed by atoms with E-state index in [9.17, 15) is 9.59 Å². The van der Waals surface area contributed by atoms with Gasteiger partial charge in [0.05, 0.1) is 17.0 Å². The van der Waals surface area contributed by atoms with Crippen LogP contribution in [0.1, 0.15) is 11.1 Å². The third-order valence-corrected chi connectivity index (χ3v) is 6.24. The van der Waals surface area contributed by atoms with E-state index in [-0.39, 0.29) is 17.2 Å². The molecular weight excluding hydrogens is 402 g/mol. The topological polar surface area (TPSA) is 64.0 Å². The highest BCUT2D eigenvalue weighted by molar-refractivity contribution is 7.99. The Morgan fingerprint density at radius 2 is 1.86 bits per heavy atom. The number of carbonyl (C=O) groups is 1. The molecule has 4 rings (SSSR count). The molecule has 1 N–H and O–H groups in total. The molecule has 0 unspecified atom stereocenters. The van der Waals surface area contributed by atoms with E-state index in [0.717, 1.165) is 11.3 Å². The number of carbonyl (C=O) groups excluding carboxylic acids is 1. The second-order valence-electron chi connectivity index (χ2n) is 6.56. The van der Waals surface area contributed by atoms with Crippen molar-refractivity contribution in [2.24, 2.45) is 0 Å². The maximum Gasteiger partial charge on any atom is 0.276 e. The van der Waals surface area contributed by atoms with E-state index in [4.69, 9.17) is 0 Å². The van der Waals surface area contributed by atoms with Crippen LogP contribution in [0.25, 0.3) is 15.9 Å². The van der Waals surface area contributed by atoms with Crippen molar-refractivity contribution in [3.8, 4) is 5.69 Å². The molecule has 0 aliphatic heterocycles. The number of rotatable bonds is 6. The average molecular weight is 422 g/mol. The highest BCUT2D eigenvalue weighted by atomic mass is 32.2. The van der Waals surface area contributed by atoms with Crippen LogP contribution in [0.4, 0.5) is 0 Å². The van der Waals surface area contributed by atoms with Crippen molar-refractivity contribution in [3.05, 3.63) is 87.5 Å². The third kappa shape index (κ3) is 4.41. The van der Waals surface area contributed by atoms with Crippen LogP contribution in [0.5, 0.6) is 0 Å². The minimum absolute atomic E-state index is 0.102. The van der Waals surface area contributed by atoms with Gasteiger partial charge in [-0.1, -0.05) is 59.8 Å². The Kier molecular flexibility index (Phi) is 5.78. The Morgan fingerprint density at radius 3 is 2.62 bits per heavy atom. The number of para-hydroxylation sites is 1. The Balaban J connectivity index is 1.53. The summed E-state index contributed by atoms with van der Waals surface area (Å²) in [4.78, 5) is 30.0. The maximum atomic E-state index is 13.0. The summed E-state index contributed by atoms with van der Waals surface area (Å²) in [6.07, 6.45) is 0. The molecule has 2 aromatic heterocycles. The molecule has 0 saturated carbocycles. The summed E-state index contributed by atoms with van der Waals surface area (Å²) in [5.74, 6) is 0.0793. The van der Waals surface area contributed by atoms with Crippen molar-refractivity contribution < 1.29 is 4.79 Å². The number of hydrogen-bond donors (Lipinski definition) is 1. The van der Waals surface area contributed by atoms with Gasteiger partial charge in [0.2, 0.25) is 5.91 Å². The second kappa shape index (κ2) is 8.63. The van der Waals surface area contributed by atoms with Crippen LogP contribution in [0.15, 0.2) is 76.0 Å². The minimum Gasteiger partial charge on any atom is -0.351 e. The van der Waals surface area contributed by atoms with Gasteiger partial charge in [-0.2, -0.15) is 0 Å². The summed E-state index contributed by atoms with van der Waals surface area (Å²) >= 11 is 2.64. The number of thioether (sulfide) groups is 1. The van der Waals surface area contributed by atoms with Crippen molar-refractivity contribution in [3.63, 3.8) is 0 Å². The number of aryl methyl sites for hydroxylation is 1. The van der Waals surface area contributed by atoms with Gasteiger partial charge in [-0.15, -0.1) is 11.3 Å². The van der Waals surface area contributed by atoms with Gasteiger partial charge in [0.15, 0.2) is 5.16 Å². The summed E-state index contributed by atoms with van der Waals surface area (Å²) in [6, 6.07) is 19.3. The highest BCUT2D eigenvalue weighted by Gasteiger charge is 2.15. The number of nitrogens with zero attached hydrogens (tertiary/aromatic N) is 2. The zero-order chi connectivity index (χ0) is 20.2. The van der Waals surface area contributed by atoms with Crippen molar-refractivity contribution in [2.45, 2.75) is 18.6 Å². The number of aromatic nitrogens is 2. The third-order valence-electron chi connectivity index (χ3n) is 4.41. The number of thiophene rings is 1. The monoisotopic (exact) mass is 421 g/mol. The molecule has 2 heterocycles. The molecule has 2 aromatic carbocycles. The molecule has 7 heteroatoms. The van der Waals surface area contributed by atoms with E-state index in [2.05, 4.69) is 10.3 Å². The van der Waals surface area contributed by atoms with E-state index in [0.29, 0.717) is 21.9 Å². The lowest BCUT2D eigenvalue weighted by molar-refractivity contribution is -0.118. The van der Waals surface area contributed by atoms with Crippen LogP contribution in [0.3, 0.4) is 0 Å². The zero-order valence-electron chi connectivity index (χ0n) is 15.8. The van der Waals surface area contributed by atoms with Crippen molar-refractivity contribution in [1.82, 2.24) is 14.9 Å². The van der Waals surface area contributed by atoms with Gasteiger partial charge < -0.3 is 5.32 Å². The zero-order valence-corrected chi connectivity index (χ0v) is 17.4. The molecule has 0 saturated heterocycles. The highest BCUT2D eigenvalue weighted by Crippen LogP contribution is 2.23. The van der Waals surface area contributed by atoms with Crippen LogP contribution in [0.2, 0.25) is 0 Å². The van der Waals surface area contributed by atoms with E-state index >= 15 is 0 Å². The molecule has 29 heavy (non-hydrogen) atoms. The lowest BCUT2D eigenvalue weighted by atomic mass is 10.1. The molecule has 146 valence electrons. The first-order chi connectivity index (χ1) is 14.1. The quantitative estimate of drug-likeness (QED) is 0.375. The summed E-state index contributed by atoms with van der Waals surface area (Å²) in [7, 11) is 0. The first-order valence-electron chi connectivity index (χ1n) is 9.12. The van der Waals surface area contributed by atoms with E-state index in [1.165, 1.54) is 28.7 Å². The molecule has 0 bridgehead atoms. The molecule has 0 spiro atoms. The Bertz CT molecular complexity index is 1200. The van der Waals surface area contributed by atoms with Crippen LogP contribution < -0.4 is 10.9 Å². The summed E-state index contributed by atoms with van der Waals surface area (Å²) in [6.45, 7) is 2.50.